The smallest absolute Gasteiger partial charge is 0.251 e. The zero-order valence-corrected chi connectivity index (χ0v) is 11.3. The van der Waals surface area contributed by atoms with Gasteiger partial charge in [0.2, 0.25) is 0 Å². The van der Waals surface area contributed by atoms with Crippen LogP contribution in [0.5, 0.6) is 0 Å². The van der Waals surface area contributed by atoms with Gasteiger partial charge < -0.3 is 16.0 Å². The Kier molecular flexibility index (Phi) is 2.67. The minimum absolute atomic E-state index is 0.00301. The van der Waals surface area contributed by atoms with Gasteiger partial charge in [0.05, 0.1) is 11.2 Å². The molecule has 0 aliphatic carbocycles. The third kappa shape index (κ3) is 1.84. The number of H-pyrrole nitrogens is 1. The van der Waals surface area contributed by atoms with E-state index in [0.717, 1.165) is 16.5 Å². The number of para-hydroxylation sites is 1. The van der Waals surface area contributed by atoms with Gasteiger partial charge in [-0.15, -0.1) is 0 Å². The van der Waals surface area contributed by atoms with Gasteiger partial charge in [0.25, 0.3) is 5.91 Å². The lowest BCUT2D eigenvalue weighted by molar-refractivity contribution is -0.126. The number of carbonyl (C=O) groups is 1. The van der Waals surface area contributed by atoms with Crippen molar-refractivity contribution in [3.63, 3.8) is 0 Å². The molecule has 2 heterocycles. The zero-order valence-electron chi connectivity index (χ0n) is 10.4. The normalized spacial score (nSPS) is 19.2. The van der Waals surface area contributed by atoms with Crippen molar-refractivity contribution >= 4 is 39.8 Å². The van der Waals surface area contributed by atoms with Crippen LogP contribution in [0.1, 0.15) is 5.56 Å². The quantitative estimate of drug-likeness (QED) is 0.564. The Labute approximate surface area is 115 Å². The fourth-order valence-electron chi connectivity index (χ4n) is 2.40. The molecule has 0 spiro atoms. The summed E-state index contributed by atoms with van der Waals surface area (Å²) in [5.41, 5.74) is 8.59. The molecular formula is C13H14N4OS. The molecule has 0 bridgehead atoms. The van der Waals surface area contributed by atoms with Crippen molar-refractivity contribution in [3.05, 3.63) is 30.0 Å². The Hall–Kier alpha value is -2.08. The van der Waals surface area contributed by atoms with Crippen LogP contribution in [0.4, 0.5) is 5.69 Å². The first-order valence-electron chi connectivity index (χ1n) is 6.00. The van der Waals surface area contributed by atoms with Crippen LogP contribution < -0.4 is 11.1 Å². The number of nitrogens with two attached hydrogens (primary N) is 1. The number of aromatic nitrogens is 1. The molecule has 1 aromatic heterocycles. The van der Waals surface area contributed by atoms with Gasteiger partial charge in [0, 0.05) is 25.1 Å². The number of likely N-dealkylation sites (N-methyl/N-ethyl adjacent to an activating group) is 1. The van der Waals surface area contributed by atoms with Crippen molar-refractivity contribution in [3.8, 4) is 0 Å². The second kappa shape index (κ2) is 4.24. The molecule has 98 valence electrons. The van der Waals surface area contributed by atoms with Crippen LogP contribution in [0.25, 0.3) is 10.9 Å². The molecule has 1 fully saturated rings. The van der Waals surface area contributed by atoms with Crippen LogP contribution in [0.2, 0.25) is 0 Å². The molecular weight excluding hydrogens is 260 g/mol. The van der Waals surface area contributed by atoms with E-state index in [-0.39, 0.29) is 11.9 Å². The second-order valence-electron chi connectivity index (χ2n) is 4.69. The fraction of sp³-hybridized carbons (Fsp3) is 0.231. The molecule has 1 atom stereocenters. The van der Waals surface area contributed by atoms with E-state index in [4.69, 9.17) is 18.0 Å². The number of hydrogen-bond donors (Lipinski definition) is 3. The van der Waals surface area contributed by atoms with Crippen LogP contribution in [-0.4, -0.2) is 34.0 Å². The number of thiocarbonyl (C=S) groups is 1. The van der Waals surface area contributed by atoms with Crippen molar-refractivity contribution in [1.29, 1.82) is 0 Å². The summed E-state index contributed by atoms with van der Waals surface area (Å²) in [6.45, 7) is 0. The molecule has 1 aliphatic heterocycles. The lowest BCUT2D eigenvalue weighted by atomic mass is 10.0. The van der Waals surface area contributed by atoms with E-state index in [1.807, 2.05) is 24.4 Å². The summed E-state index contributed by atoms with van der Waals surface area (Å²) < 4.78 is 0. The highest BCUT2D eigenvalue weighted by Gasteiger charge is 2.33. The zero-order chi connectivity index (χ0) is 13.6. The van der Waals surface area contributed by atoms with Crippen LogP contribution in [-0.2, 0) is 11.2 Å². The van der Waals surface area contributed by atoms with Gasteiger partial charge in [-0.3, -0.25) is 9.69 Å². The standard InChI is InChI=1S/C13H14N4OS/c1-17-12(18)10(16-13(17)19)5-7-6-15-11-8(7)3-2-4-9(11)14/h2-4,6,10,15H,5,14H2,1H3,(H,16,19). The molecule has 1 unspecified atom stereocenters. The molecule has 19 heavy (non-hydrogen) atoms. The van der Waals surface area contributed by atoms with E-state index in [2.05, 4.69) is 10.3 Å². The number of nitrogens with one attached hydrogen (secondary N) is 2. The molecule has 1 saturated heterocycles. The van der Waals surface area contributed by atoms with Gasteiger partial charge in [-0.05, 0) is 23.8 Å². The van der Waals surface area contributed by atoms with Gasteiger partial charge in [-0.25, -0.2) is 0 Å². The first-order chi connectivity index (χ1) is 9.08. The summed E-state index contributed by atoms with van der Waals surface area (Å²) in [4.78, 5) is 16.6. The molecule has 1 amide bonds. The molecule has 0 radical (unpaired) electrons. The van der Waals surface area contributed by atoms with Crippen LogP contribution in [0.3, 0.4) is 0 Å². The van der Waals surface area contributed by atoms with Crippen molar-refractivity contribution in [1.82, 2.24) is 15.2 Å². The molecule has 4 N–H and O–H groups in total. The molecule has 6 heteroatoms. The third-order valence-electron chi connectivity index (χ3n) is 3.49. The van der Waals surface area contributed by atoms with E-state index < -0.39 is 0 Å². The van der Waals surface area contributed by atoms with E-state index in [0.29, 0.717) is 17.2 Å². The number of anilines is 1. The monoisotopic (exact) mass is 274 g/mol. The summed E-state index contributed by atoms with van der Waals surface area (Å²) in [5, 5.41) is 4.57. The minimum atomic E-state index is -0.294. The number of rotatable bonds is 2. The average Bonchev–Trinajstić information content (AvgIpc) is 2.90. The first-order valence-corrected chi connectivity index (χ1v) is 6.41. The summed E-state index contributed by atoms with van der Waals surface area (Å²) in [6.07, 6.45) is 2.49. The molecule has 5 nitrogen and oxygen atoms in total. The van der Waals surface area contributed by atoms with Crippen molar-refractivity contribution in [2.45, 2.75) is 12.5 Å². The largest absolute Gasteiger partial charge is 0.397 e. The number of fused-ring (bicyclic) bond motifs is 1. The van der Waals surface area contributed by atoms with Crippen molar-refractivity contribution in [2.75, 3.05) is 12.8 Å². The number of hydrogen-bond acceptors (Lipinski definition) is 3. The highest BCUT2D eigenvalue weighted by Crippen LogP contribution is 2.25. The SMILES string of the molecule is CN1C(=O)C(Cc2c[nH]c3c(N)cccc23)NC1=S. The number of nitrogens with zero attached hydrogens (tertiary/aromatic N) is 1. The minimum Gasteiger partial charge on any atom is -0.397 e. The number of carbonyl (C=O) groups excluding carboxylic acids is 1. The summed E-state index contributed by atoms with van der Waals surface area (Å²) >= 11 is 5.07. The maximum Gasteiger partial charge on any atom is 0.251 e. The Morgan fingerprint density at radius 3 is 2.95 bits per heavy atom. The first kappa shape index (κ1) is 12.0. The van der Waals surface area contributed by atoms with E-state index in [1.165, 1.54) is 4.90 Å². The lowest BCUT2D eigenvalue weighted by Crippen LogP contribution is -2.31. The summed E-state index contributed by atoms with van der Waals surface area (Å²) in [6, 6.07) is 5.47. The van der Waals surface area contributed by atoms with Gasteiger partial charge in [-0.1, -0.05) is 12.1 Å². The highest BCUT2D eigenvalue weighted by molar-refractivity contribution is 7.80. The third-order valence-corrected chi connectivity index (χ3v) is 3.88. The van der Waals surface area contributed by atoms with E-state index in [9.17, 15) is 4.79 Å². The Balaban J connectivity index is 1.93. The highest BCUT2D eigenvalue weighted by atomic mass is 32.1. The van der Waals surface area contributed by atoms with E-state index in [1.54, 1.807) is 7.05 Å². The molecule has 1 aromatic carbocycles. The average molecular weight is 274 g/mol. The molecule has 0 saturated carbocycles. The van der Waals surface area contributed by atoms with Crippen LogP contribution in [0.15, 0.2) is 24.4 Å². The molecule has 1 aliphatic rings. The van der Waals surface area contributed by atoms with Crippen LogP contribution >= 0.6 is 12.2 Å². The Morgan fingerprint density at radius 2 is 2.26 bits per heavy atom. The maximum atomic E-state index is 12.0. The van der Waals surface area contributed by atoms with Gasteiger partial charge >= 0.3 is 0 Å². The fourth-order valence-corrected chi connectivity index (χ4v) is 2.64. The van der Waals surface area contributed by atoms with Crippen molar-refractivity contribution < 1.29 is 4.79 Å². The summed E-state index contributed by atoms with van der Waals surface area (Å²) in [5.74, 6) is 0.00301. The number of aromatic amines is 1. The van der Waals surface area contributed by atoms with Crippen LogP contribution in [0, 0.1) is 0 Å². The second-order valence-corrected chi connectivity index (χ2v) is 5.07. The van der Waals surface area contributed by atoms with Crippen molar-refractivity contribution in [2.24, 2.45) is 0 Å². The topological polar surface area (TPSA) is 74.2 Å². The predicted octanol–water partition coefficient (Wildman–Crippen LogP) is 1.01. The maximum absolute atomic E-state index is 12.0. The van der Waals surface area contributed by atoms with Gasteiger partial charge in [0.15, 0.2) is 5.11 Å². The molecule has 2 aromatic rings. The number of amides is 1. The summed E-state index contributed by atoms with van der Waals surface area (Å²) in [7, 11) is 1.69. The van der Waals surface area contributed by atoms with E-state index >= 15 is 0 Å². The van der Waals surface area contributed by atoms with Gasteiger partial charge in [-0.2, -0.15) is 0 Å². The van der Waals surface area contributed by atoms with Gasteiger partial charge in [0.1, 0.15) is 6.04 Å². The Bertz CT molecular complexity index is 678. The lowest BCUT2D eigenvalue weighted by Gasteiger charge is -2.07. The predicted molar refractivity (Wildman–Crippen MR) is 78.7 cm³/mol. The number of nitrogen functional groups attached to an aromatic ring is 1. The Morgan fingerprint density at radius 1 is 1.47 bits per heavy atom. The number of benzene rings is 1. The molecule has 3 rings (SSSR count).